The van der Waals surface area contributed by atoms with Crippen LogP contribution in [-0.2, 0) is 16.4 Å². The summed E-state index contributed by atoms with van der Waals surface area (Å²) < 4.78 is 31.2. The largest absolute Gasteiger partial charge is 0.475 e. The number of hydrogen-bond donors (Lipinski definition) is 2. The molecule has 0 aliphatic carbocycles. The van der Waals surface area contributed by atoms with E-state index in [1.165, 1.54) is 0 Å². The Morgan fingerprint density at radius 2 is 2.19 bits per heavy atom. The summed E-state index contributed by atoms with van der Waals surface area (Å²) >= 11 is 2.90. The van der Waals surface area contributed by atoms with Crippen molar-refractivity contribution in [3.05, 3.63) is 46.6 Å². The van der Waals surface area contributed by atoms with Gasteiger partial charge in [-0.15, -0.1) is 0 Å². The molecule has 21 heavy (non-hydrogen) atoms. The zero-order valence-electron chi connectivity index (χ0n) is 10.6. The lowest BCUT2D eigenvalue weighted by atomic mass is 10.3. The zero-order valence-corrected chi connectivity index (χ0v) is 13.0. The van der Waals surface area contributed by atoms with Crippen molar-refractivity contribution in [2.24, 2.45) is 0 Å². The molecule has 0 aliphatic heterocycles. The predicted molar refractivity (Wildman–Crippen MR) is 76.5 cm³/mol. The first-order chi connectivity index (χ1) is 9.90. The third kappa shape index (κ3) is 3.90. The summed E-state index contributed by atoms with van der Waals surface area (Å²) in [6, 6.07) is 6.31. The first-order valence-corrected chi connectivity index (χ1v) is 8.10. The lowest BCUT2D eigenvalue weighted by Gasteiger charge is -2.04. The minimum Gasteiger partial charge on any atom is -0.475 e. The summed E-state index contributed by atoms with van der Waals surface area (Å²) in [6.07, 6.45) is 2.04. The Kier molecular flexibility index (Phi) is 4.76. The van der Waals surface area contributed by atoms with Crippen molar-refractivity contribution in [2.45, 2.75) is 11.3 Å². The Labute approximate surface area is 129 Å². The quantitative estimate of drug-likeness (QED) is 0.795. The summed E-state index contributed by atoms with van der Waals surface area (Å²) in [7, 11) is -3.86. The highest BCUT2D eigenvalue weighted by molar-refractivity contribution is 9.10. The second kappa shape index (κ2) is 6.37. The number of rotatable bonds is 6. The summed E-state index contributed by atoms with van der Waals surface area (Å²) in [6.45, 7) is 0.138. The van der Waals surface area contributed by atoms with Gasteiger partial charge >= 0.3 is 5.97 Å². The first kappa shape index (κ1) is 15.7. The van der Waals surface area contributed by atoms with E-state index >= 15 is 0 Å². The molecule has 0 saturated carbocycles. The molecule has 0 spiro atoms. The Balaban J connectivity index is 2.07. The normalized spacial score (nSPS) is 11.5. The van der Waals surface area contributed by atoms with Crippen LogP contribution in [0, 0.1) is 0 Å². The molecule has 0 bridgehead atoms. The number of aromatic carboxylic acids is 1. The minimum atomic E-state index is -3.86. The molecule has 2 aromatic heterocycles. The molecule has 112 valence electrons. The number of carboxylic acid groups (broad SMARTS) is 1. The monoisotopic (exact) mass is 374 g/mol. The third-order valence-electron chi connectivity index (χ3n) is 2.56. The van der Waals surface area contributed by atoms with Crippen molar-refractivity contribution < 1.29 is 22.7 Å². The Hall–Kier alpha value is -1.71. The van der Waals surface area contributed by atoms with Gasteiger partial charge in [0.2, 0.25) is 15.8 Å². The van der Waals surface area contributed by atoms with Crippen LogP contribution in [0.2, 0.25) is 0 Å². The molecule has 0 saturated heterocycles. The van der Waals surface area contributed by atoms with Crippen LogP contribution in [-0.4, -0.2) is 31.0 Å². The summed E-state index contributed by atoms with van der Waals surface area (Å²) in [5.74, 6) is -1.79. The maximum Gasteiger partial charge on any atom is 0.371 e. The molecular weight excluding hydrogens is 364 g/mol. The summed E-state index contributed by atoms with van der Waals surface area (Å²) in [5, 5.41) is 8.77. The number of nitrogens with one attached hydrogen (secondary N) is 1. The molecule has 7 nitrogen and oxygen atoms in total. The molecular formula is C12H11BrN2O5S. The van der Waals surface area contributed by atoms with Crippen molar-refractivity contribution in [1.82, 2.24) is 9.71 Å². The van der Waals surface area contributed by atoms with E-state index in [4.69, 9.17) is 9.52 Å². The van der Waals surface area contributed by atoms with Gasteiger partial charge in [0.05, 0.1) is 0 Å². The van der Waals surface area contributed by atoms with E-state index < -0.39 is 21.8 Å². The highest BCUT2D eigenvalue weighted by Gasteiger charge is 2.24. The molecule has 2 aromatic rings. The maximum absolute atomic E-state index is 12.1. The van der Waals surface area contributed by atoms with Crippen LogP contribution in [0.25, 0.3) is 0 Å². The van der Waals surface area contributed by atoms with E-state index in [1.54, 1.807) is 18.3 Å². The highest BCUT2D eigenvalue weighted by atomic mass is 79.9. The van der Waals surface area contributed by atoms with Gasteiger partial charge in [-0.25, -0.2) is 17.9 Å². The van der Waals surface area contributed by atoms with Gasteiger partial charge in [0, 0.05) is 30.9 Å². The van der Waals surface area contributed by atoms with Crippen LogP contribution in [0.3, 0.4) is 0 Å². The number of furan rings is 1. The Morgan fingerprint density at radius 3 is 2.76 bits per heavy atom. The van der Waals surface area contributed by atoms with Gasteiger partial charge in [0.25, 0.3) is 0 Å². The SMILES string of the molecule is O=C(O)c1cc(S(=O)(=O)NCCc2ccccn2)c(Br)o1. The van der Waals surface area contributed by atoms with Crippen molar-refractivity contribution in [2.75, 3.05) is 6.54 Å². The molecule has 0 unspecified atom stereocenters. The molecule has 0 fully saturated rings. The maximum atomic E-state index is 12.1. The Bertz CT molecular complexity index is 742. The second-order valence-corrected chi connectivity index (χ2v) is 6.48. The van der Waals surface area contributed by atoms with Crippen molar-refractivity contribution in [1.29, 1.82) is 0 Å². The molecule has 2 N–H and O–H groups in total. The molecule has 0 aromatic carbocycles. The molecule has 9 heteroatoms. The van der Waals surface area contributed by atoms with Gasteiger partial charge in [-0.2, -0.15) is 0 Å². The molecule has 0 radical (unpaired) electrons. The number of sulfonamides is 1. The summed E-state index contributed by atoms with van der Waals surface area (Å²) in [5.41, 5.74) is 0.748. The zero-order chi connectivity index (χ0) is 15.5. The molecule has 0 aliphatic rings. The molecule has 0 atom stereocenters. The van der Waals surface area contributed by atoms with Gasteiger partial charge in [0.1, 0.15) is 4.90 Å². The van der Waals surface area contributed by atoms with Crippen LogP contribution in [0.4, 0.5) is 0 Å². The average Bonchev–Trinajstić information content (AvgIpc) is 2.83. The van der Waals surface area contributed by atoms with Crippen molar-refractivity contribution in [3.63, 3.8) is 0 Å². The second-order valence-electron chi connectivity index (χ2n) is 4.02. The summed E-state index contributed by atoms with van der Waals surface area (Å²) in [4.78, 5) is 14.6. The lowest BCUT2D eigenvalue weighted by molar-refractivity contribution is 0.0661. The van der Waals surface area contributed by atoms with Crippen molar-refractivity contribution >= 4 is 31.9 Å². The smallest absolute Gasteiger partial charge is 0.371 e. The number of halogens is 1. The predicted octanol–water partition coefficient (Wildman–Crippen LogP) is 1.66. The number of hydrogen-bond acceptors (Lipinski definition) is 5. The van der Waals surface area contributed by atoms with E-state index in [9.17, 15) is 13.2 Å². The minimum absolute atomic E-state index is 0.138. The number of nitrogens with zero attached hydrogens (tertiary/aromatic N) is 1. The standard InChI is InChI=1S/C12H11BrN2O5S/c13-11-10(7-9(20-11)12(16)17)21(18,19)15-6-4-8-3-1-2-5-14-8/h1-3,5,7,15H,4,6H2,(H,16,17). The van der Waals surface area contributed by atoms with Crippen LogP contribution >= 0.6 is 15.9 Å². The first-order valence-electron chi connectivity index (χ1n) is 5.82. The fourth-order valence-corrected chi connectivity index (χ4v) is 3.55. The fourth-order valence-electron chi connectivity index (χ4n) is 1.58. The van der Waals surface area contributed by atoms with Gasteiger partial charge < -0.3 is 9.52 Å². The lowest BCUT2D eigenvalue weighted by Crippen LogP contribution is -2.26. The van der Waals surface area contributed by atoms with E-state index in [0.29, 0.717) is 6.42 Å². The highest BCUT2D eigenvalue weighted by Crippen LogP contribution is 2.25. The third-order valence-corrected chi connectivity index (χ3v) is 4.87. The van der Waals surface area contributed by atoms with E-state index in [1.807, 2.05) is 6.07 Å². The van der Waals surface area contributed by atoms with Crippen LogP contribution in [0.15, 0.2) is 44.4 Å². The molecule has 2 heterocycles. The number of carboxylic acids is 1. The number of pyridine rings is 1. The average molecular weight is 375 g/mol. The van der Waals surface area contributed by atoms with Gasteiger partial charge in [-0.3, -0.25) is 4.98 Å². The van der Waals surface area contributed by atoms with Crippen LogP contribution in [0.1, 0.15) is 16.2 Å². The molecule has 2 rings (SSSR count). The molecule has 0 amide bonds. The number of aromatic nitrogens is 1. The van der Waals surface area contributed by atoms with Crippen LogP contribution in [0.5, 0.6) is 0 Å². The van der Waals surface area contributed by atoms with Gasteiger partial charge in [-0.05, 0) is 28.1 Å². The van der Waals surface area contributed by atoms with Gasteiger partial charge in [-0.1, -0.05) is 6.07 Å². The van der Waals surface area contributed by atoms with E-state index in [0.717, 1.165) is 11.8 Å². The van der Waals surface area contributed by atoms with E-state index in [-0.39, 0.29) is 16.1 Å². The van der Waals surface area contributed by atoms with Crippen molar-refractivity contribution in [3.8, 4) is 0 Å². The fraction of sp³-hybridized carbons (Fsp3) is 0.167. The van der Waals surface area contributed by atoms with Crippen LogP contribution < -0.4 is 4.72 Å². The topological polar surface area (TPSA) is 110 Å². The number of carbonyl (C=O) groups is 1. The van der Waals surface area contributed by atoms with Gasteiger partial charge in [0.15, 0.2) is 4.67 Å². The van der Waals surface area contributed by atoms with E-state index in [2.05, 4.69) is 25.6 Å². The Morgan fingerprint density at radius 1 is 1.43 bits per heavy atom.